The molecule has 0 bridgehead atoms. The Morgan fingerprint density at radius 2 is 1.73 bits per heavy atom. The lowest BCUT2D eigenvalue weighted by Crippen LogP contribution is -2.08. The highest BCUT2D eigenvalue weighted by Gasteiger charge is 2.02. The summed E-state index contributed by atoms with van der Waals surface area (Å²) >= 11 is 0. The van der Waals surface area contributed by atoms with Gasteiger partial charge in [-0.2, -0.15) is 0 Å². The van der Waals surface area contributed by atoms with Crippen molar-refractivity contribution < 1.29 is 10.2 Å². The second-order valence-corrected chi connectivity index (χ2v) is 3.49. The van der Waals surface area contributed by atoms with E-state index < -0.39 is 0 Å². The molecule has 0 rings (SSSR count). The summed E-state index contributed by atoms with van der Waals surface area (Å²) < 4.78 is 0. The average molecular weight is 160 g/mol. The highest BCUT2D eigenvalue weighted by atomic mass is 16.3. The standard InChI is InChI=1S/C9H20O2/c1-8(2)4-3-5-9(11)6-7-10/h8-11H,3-7H2,1-2H3. The molecular formula is C9H20O2. The number of aliphatic hydroxyl groups is 2. The zero-order valence-corrected chi connectivity index (χ0v) is 7.58. The molecule has 1 atom stereocenters. The molecule has 0 heterocycles. The van der Waals surface area contributed by atoms with E-state index >= 15 is 0 Å². The summed E-state index contributed by atoms with van der Waals surface area (Å²) in [6.07, 6.45) is 3.30. The SMILES string of the molecule is CC(C)CCCC(O)CCO. The Morgan fingerprint density at radius 1 is 1.09 bits per heavy atom. The van der Waals surface area contributed by atoms with Gasteiger partial charge in [-0.1, -0.05) is 26.7 Å². The molecule has 11 heavy (non-hydrogen) atoms. The van der Waals surface area contributed by atoms with E-state index in [0.717, 1.165) is 18.8 Å². The summed E-state index contributed by atoms with van der Waals surface area (Å²) in [5.74, 6) is 0.719. The minimum atomic E-state index is -0.293. The maximum atomic E-state index is 9.20. The van der Waals surface area contributed by atoms with Gasteiger partial charge in [0.05, 0.1) is 6.10 Å². The van der Waals surface area contributed by atoms with Gasteiger partial charge < -0.3 is 10.2 Å². The van der Waals surface area contributed by atoms with Crippen LogP contribution in [0.25, 0.3) is 0 Å². The molecule has 0 spiro atoms. The van der Waals surface area contributed by atoms with E-state index in [-0.39, 0.29) is 12.7 Å². The van der Waals surface area contributed by atoms with Gasteiger partial charge in [0.1, 0.15) is 0 Å². The topological polar surface area (TPSA) is 40.5 Å². The van der Waals surface area contributed by atoms with Crippen LogP contribution in [0.4, 0.5) is 0 Å². The van der Waals surface area contributed by atoms with E-state index in [4.69, 9.17) is 5.11 Å². The van der Waals surface area contributed by atoms with Crippen LogP contribution in [0.3, 0.4) is 0 Å². The molecule has 0 aromatic rings. The van der Waals surface area contributed by atoms with Gasteiger partial charge in [-0.15, -0.1) is 0 Å². The number of hydrogen-bond acceptors (Lipinski definition) is 2. The van der Waals surface area contributed by atoms with Crippen LogP contribution >= 0.6 is 0 Å². The third-order valence-corrected chi connectivity index (χ3v) is 1.78. The van der Waals surface area contributed by atoms with Gasteiger partial charge >= 0.3 is 0 Å². The zero-order chi connectivity index (χ0) is 8.69. The summed E-state index contributed by atoms with van der Waals surface area (Å²) in [7, 11) is 0. The molecular weight excluding hydrogens is 140 g/mol. The average Bonchev–Trinajstić information content (AvgIpc) is 1.87. The lowest BCUT2D eigenvalue weighted by atomic mass is 10.0. The quantitative estimate of drug-likeness (QED) is 0.619. The Balaban J connectivity index is 3.10. The normalized spacial score (nSPS) is 13.9. The molecule has 2 heteroatoms. The highest BCUT2D eigenvalue weighted by molar-refractivity contribution is 4.55. The first kappa shape index (κ1) is 10.9. The maximum Gasteiger partial charge on any atom is 0.0562 e. The number of aliphatic hydroxyl groups excluding tert-OH is 2. The Hall–Kier alpha value is -0.0800. The fourth-order valence-electron chi connectivity index (χ4n) is 1.06. The molecule has 0 amide bonds. The monoisotopic (exact) mass is 160 g/mol. The molecule has 68 valence electrons. The summed E-state index contributed by atoms with van der Waals surface area (Å²) in [6.45, 7) is 4.46. The Bertz CT molecular complexity index is 81.6. The summed E-state index contributed by atoms with van der Waals surface area (Å²) in [5.41, 5.74) is 0. The second-order valence-electron chi connectivity index (χ2n) is 3.49. The van der Waals surface area contributed by atoms with Gasteiger partial charge in [-0.05, 0) is 18.8 Å². The number of rotatable bonds is 6. The van der Waals surface area contributed by atoms with E-state index in [1.54, 1.807) is 0 Å². The molecule has 0 aromatic heterocycles. The van der Waals surface area contributed by atoms with Crippen LogP contribution in [-0.4, -0.2) is 22.9 Å². The largest absolute Gasteiger partial charge is 0.396 e. The third-order valence-electron chi connectivity index (χ3n) is 1.78. The molecule has 0 aliphatic rings. The molecule has 0 aromatic carbocycles. The minimum absolute atomic E-state index is 0.100. The first-order chi connectivity index (χ1) is 5.16. The lowest BCUT2D eigenvalue weighted by Gasteiger charge is -2.09. The van der Waals surface area contributed by atoms with E-state index in [2.05, 4.69) is 13.8 Å². The molecule has 2 N–H and O–H groups in total. The predicted molar refractivity (Wildman–Crippen MR) is 46.4 cm³/mol. The molecule has 0 radical (unpaired) electrons. The van der Waals surface area contributed by atoms with Crippen molar-refractivity contribution in [3.8, 4) is 0 Å². The van der Waals surface area contributed by atoms with Gasteiger partial charge in [-0.25, -0.2) is 0 Å². The fraction of sp³-hybridized carbons (Fsp3) is 1.00. The Labute approximate surface area is 69.2 Å². The molecule has 2 nitrogen and oxygen atoms in total. The van der Waals surface area contributed by atoms with Gasteiger partial charge in [0.25, 0.3) is 0 Å². The van der Waals surface area contributed by atoms with Crippen LogP contribution in [0.15, 0.2) is 0 Å². The van der Waals surface area contributed by atoms with Crippen molar-refractivity contribution >= 4 is 0 Å². The van der Waals surface area contributed by atoms with Crippen LogP contribution in [0.5, 0.6) is 0 Å². The van der Waals surface area contributed by atoms with Crippen molar-refractivity contribution in [2.24, 2.45) is 5.92 Å². The smallest absolute Gasteiger partial charge is 0.0562 e. The predicted octanol–water partition coefficient (Wildman–Crippen LogP) is 1.56. The van der Waals surface area contributed by atoms with Crippen LogP contribution in [0, 0.1) is 5.92 Å². The lowest BCUT2D eigenvalue weighted by molar-refractivity contribution is 0.121. The molecule has 0 saturated carbocycles. The van der Waals surface area contributed by atoms with Crippen molar-refractivity contribution in [1.82, 2.24) is 0 Å². The highest BCUT2D eigenvalue weighted by Crippen LogP contribution is 2.09. The first-order valence-electron chi connectivity index (χ1n) is 4.45. The van der Waals surface area contributed by atoms with Gasteiger partial charge in [0.2, 0.25) is 0 Å². The first-order valence-corrected chi connectivity index (χ1v) is 4.45. The van der Waals surface area contributed by atoms with E-state index in [9.17, 15) is 5.11 Å². The van der Waals surface area contributed by atoms with Crippen molar-refractivity contribution in [2.75, 3.05) is 6.61 Å². The molecule has 0 aliphatic heterocycles. The Kier molecular flexibility index (Phi) is 6.57. The zero-order valence-electron chi connectivity index (χ0n) is 7.58. The van der Waals surface area contributed by atoms with E-state index in [1.165, 1.54) is 6.42 Å². The van der Waals surface area contributed by atoms with Gasteiger partial charge in [0.15, 0.2) is 0 Å². The van der Waals surface area contributed by atoms with Crippen LogP contribution in [-0.2, 0) is 0 Å². The molecule has 1 unspecified atom stereocenters. The van der Waals surface area contributed by atoms with Gasteiger partial charge in [0, 0.05) is 6.61 Å². The van der Waals surface area contributed by atoms with E-state index in [0.29, 0.717) is 6.42 Å². The van der Waals surface area contributed by atoms with Crippen LogP contribution in [0.2, 0.25) is 0 Å². The van der Waals surface area contributed by atoms with Crippen molar-refractivity contribution in [2.45, 2.75) is 45.6 Å². The van der Waals surface area contributed by atoms with Crippen LogP contribution < -0.4 is 0 Å². The number of hydrogen-bond donors (Lipinski definition) is 2. The summed E-state index contributed by atoms with van der Waals surface area (Å²) in [4.78, 5) is 0. The minimum Gasteiger partial charge on any atom is -0.396 e. The molecule has 0 saturated heterocycles. The van der Waals surface area contributed by atoms with Gasteiger partial charge in [-0.3, -0.25) is 0 Å². The Morgan fingerprint density at radius 3 is 2.18 bits per heavy atom. The summed E-state index contributed by atoms with van der Waals surface area (Å²) in [5, 5.41) is 17.7. The third kappa shape index (κ3) is 7.82. The van der Waals surface area contributed by atoms with Crippen molar-refractivity contribution in [3.63, 3.8) is 0 Å². The fourth-order valence-corrected chi connectivity index (χ4v) is 1.06. The van der Waals surface area contributed by atoms with E-state index in [1.807, 2.05) is 0 Å². The second kappa shape index (κ2) is 6.62. The molecule has 0 aliphatic carbocycles. The van der Waals surface area contributed by atoms with Crippen LogP contribution in [0.1, 0.15) is 39.5 Å². The maximum absolute atomic E-state index is 9.20. The van der Waals surface area contributed by atoms with Crippen molar-refractivity contribution in [3.05, 3.63) is 0 Å². The summed E-state index contributed by atoms with van der Waals surface area (Å²) in [6, 6.07) is 0. The van der Waals surface area contributed by atoms with Crippen molar-refractivity contribution in [1.29, 1.82) is 0 Å². The molecule has 0 fully saturated rings.